The summed E-state index contributed by atoms with van der Waals surface area (Å²) in [6.07, 6.45) is 2.04. The minimum atomic E-state index is -0.106. The summed E-state index contributed by atoms with van der Waals surface area (Å²) in [5.41, 5.74) is 10.4. The Morgan fingerprint density at radius 1 is 1.10 bits per heavy atom. The average Bonchev–Trinajstić information content (AvgIpc) is 2.92. The van der Waals surface area contributed by atoms with E-state index in [2.05, 4.69) is 42.0 Å². The van der Waals surface area contributed by atoms with Gasteiger partial charge in [0.1, 0.15) is 5.75 Å². The highest BCUT2D eigenvalue weighted by Gasteiger charge is 2.20. The molecule has 20 heavy (non-hydrogen) atoms. The highest BCUT2D eigenvalue weighted by molar-refractivity contribution is 6.30. The Balaban J connectivity index is 1.91. The maximum absolute atomic E-state index is 9.93. The van der Waals surface area contributed by atoms with Crippen molar-refractivity contribution in [2.45, 2.75) is 13.0 Å². The third-order valence-corrected chi connectivity index (χ3v) is 3.62. The zero-order valence-corrected chi connectivity index (χ0v) is 11.8. The molecule has 0 radical (unpaired) electrons. The quantitative estimate of drug-likeness (QED) is 0.791. The number of hydrazine groups is 1. The maximum Gasteiger partial charge on any atom is 0.120 e. The monoisotopic (exact) mass is 286 g/mol. The Kier molecular flexibility index (Phi) is 3.38. The van der Waals surface area contributed by atoms with Gasteiger partial charge in [0.2, 0.25) is 0 Å². The van der Waals surface area contributed by atoms with Crippen LogP contribution >= 0.6 is 11.6 Å². The van der Waals surface area contributed by atoms with Crippen molar-refractivity contribution in [3.05, 3.63) is 70.3 Å². The van der Waals surface area contributed by atoms with E-state index in [-0.39, 0.29) is 11.8 Å². The standard InChI is InChI=1S/C16H15ClN2O/c1-10-2-4-11(5-3-10)14-9-15(19-18-14)13-8-12(17)6-7-16(13)20/h2-9,15,18-20H,1H3. The predicted molar refractivity (Wildman–Crippen MR) is 81.3 cm³/mol. The molecule has 2 aromatic rings. The molecular weight excluding hydrogens is 272 g/mol. The summed E-state index contributed by atoms with van der Waals surface area (Å²) < 4.78 is 0. The first-order valence-electron chi connectivity index (χ1n) is 6.42. The van der Waals surface area contributed by atoms with Crippen LogP contribution in [0, 0.1) is 6.92 Å². The highest BCUT2D eigenvalue weighted by Crippen LogP contribution is 2.31. The molecule has 0 spiro atoms. The van der Waals surface area contributed by atoms with Crippen molar-refractivity contribution >= 4 is 17.3 Å². The van der Waals surface area contributed by atoms with Crippen molar-refractivity contribution in [3.8, 4) is 5.75 Å². The molecule has 1 unspecified atom stereocenters. The number of hydrogen-bond donors (Lipinski definition) is 3. The fraction of sp³-hybridized carbons (Fsp3) is 0.125. The minimum Gasteiger partial charge on any atom is -0.508 e. The topological polar surface area (TPSA) is 44.3 Å². The molecule has 1 aliphatic rings. The molecule has 1 heterocycles. The van der Waals surface area contributed by atoms with Gasteiger partial charge in [0, 0.05) is 10.6 Å². The summed E-state index contributed by atoms with van der Waals surface area (Å²) >= 11 is 5.99. The van der Waals surface area contributed by atoms with Crippen molar-refractivity contribution in [1.82, 2.24) is 10.9 Å². The lowest BCUT2D eigenvalue weighted by molar-refractivity contribution is 0.459. The van der Waals surface area contributed by atoms with E-state index in [9.17, 15) is 5.11 Å². The molecule has 0 aliphatic carbocycles. The predicted octanol–water partition coefficient (Wildman–Crippen LogP) is 3.54. The normalized spacial score (nSPS) is 17.7. The Morgan fingerprint density at radius 3 is 2.60 bits per heavy atom. The van der Waals surface area contributed by atoms with Crippen LogP contribution in [0.1, 0.15) is 22.7 Å². The highest BCUT2D eigenvalue weighted by atomic mass is 35.5. The molecule has 2 aromatic carbocycles. The van der Waals surface area contributed by atoms with Crippen LogP contribution in [0.25, 0.3) is 5.70 Å². The van der Waals surface area contributed by atoms with Crippen molar-refractivity contribution < 1.29 is 5.11 Å². The zero-order chi connectivity index (χ0) is 14.1. The summed E-state index contributed by atoms with van der Waals surface area (Å²) in [4.78, 5) is 0. The molecule has 0 aromatic heterocycles. The fourth-order valence-electron chi connectivity index (χ4n) is 2.25. The van der Waals surface area contributed by atoms with Gasteiger partial charge >= 0.3 is 0 Å². The van der Waals surface area contributed by atoms with Crippen LogP contribution in [-0.2, 0) is 0 Å². The number of nitrogens with one attached hydrogen (secondary N) is 2. The van der Waals surface area contributed by atoms with Crippen LogP contribution in [-0.4, -0.2) is 5.11 Å². The van der Waals surface area contributed by atoms with Gasteiger partial charge in [-0.15, -0.1) is 0 Å². The third kappa shape index (κ3) is 2.50. The van der Waals surface area contributed by atoms with Crippen molar-refractivity contribution in [2.24, 2.45) is 0 Å². The number of rotatable bonds is 2. The molecule has 0 saturated heterocycles. The van der Waals surface area contributed by atoms with Crippen LogP contribution in [0.15, 0.2) is 48.5 Å². The first-order valence-corrected chi connectivity index (χ1v) is 6.80. The van der Waals surface area contributed by atoms with Gasteiger partial charge in [-0.25, -0.2) is 5.43 Å². The van der Waals surface area contributed by atoms with Gasteiger partial charge in [-0.05, 0) is 36.8 Å². The van der Waals surface area contributed by atoms with Crippen LogP contribution in [0.3, 0.4) is 0 Å². The van der Waals surface area contributed by atoms with E-state index in [1.165, 1.54) is 5.56 Å². The van der Waals surface area contributed by atoms with E-state index < -0.39 is 0 Å². The van der Waals surface area contributed by atoms with Gasteiger partial charge in [0.05, 0.1) is 11.7 Å². The van der Waals surface area contributed by atoms with Gasteiger partial charge in [0.25, 0.3) is 0 Å². The summed E-state index contributed by atoms with van der Waals surface area (Å²) in [5, 5.41) is 10.5. The summed E-state index contributed by atoms with van der Waals surface area (Å²) in [6.45, 7) is 2.06. The van der Waals surface area contributed by atoms with Gasteiger partial charge in [-0.3, -0.25) is 0 Å². The molecule has 1 atom stereocenters. The first-order chi connectivity index (χ1) is 9.63. The van der Waals surface area contributed by atoms with E-state index in [0.717, 1.165) is 16.8 Å². The number of hydrogen-bond acceptors (Lipinski definition) is 3. The molecule has 0 fully saturated rings. The molecule has 1 aliphatic heterocycles. The van der Waals surface area contributed by atoms with E-state index >= 15 is 0 Å². The minimum absolute atomic E-state index is 0.106. The molecule has 0 bridgehead atoms. The van der Waals surface area contributed by atoms with Crippen LogP contribution in [0.4, 0.5) is 0 Å². The molecule has 3 N–H and O–H groups in total. The van der Waals surface area contributed by atoms with E-state index in [0.29, 0.717) is 5.02 Å². The van der Waals surface area contributed by atoms with Crippen LogP contribution in [0.5, 0.6) is 5.75 Å². The number of aromatic hydroxyl groups is 1. The number of halogens is 1. The van der Waals surface area contributed by atoms with E-state index in [1.807, 2.05) is 6.08 Å². The molecule has 102 valence electrons. The molecular formula is C16H15ClN2O. The van der Waals surface area contributed by atoms with Gasteiger partial charge in [0.15, 0.2) is 0 Å². The van der Waals surface area contributed by atoms with E-state index in [4.69, 9.17) is 11.6 Å². The summed E-state index contributed by atoms with van der Waals surface area (Å²) in [6, 6.07) is 13.2. The lowest BCUT2D eigenvalue weighted by Crippen LogP contribution is -2.26. The maximum atomic E-state index is 9.93. The lowest BCUT2D eigenvalue weighted by atomic mass is 10.0. The van der Waals surface area contributed by atoms with Gasteiger partial charge in [-0.1, -0.05) is 41.4 Å². The van der Waals surface area contributed by atoms with Crippen molar-refractivity contribution in [1.29, 1.82) is 0 Å². The largest absolute Gasteiger partial charge is 0.508 e. The molecule has 4 heteroatoms. The Hall–Kier alpha value is -1.97. The zero-order valence-electron chi connectivity index (χ0n) is 11.0. The molecule has 3 rings (SSSR count). The Bertz CT molecular complexity index is 665. The second-order valence-electron chi connectivity index (χ2n) is 4.90. The van der Waals surface area contributed by atoms with Crippen molar-refractivity contribution in [3.63, 3.8) is 0 Å². The third-order valence-electron chi connectivity index (χ3n) is 3.38. The van der Waals surface area contributed by atoms with Crippen molar-refractivity contribution in [2.75, 3.05) is 0 Å². The lowest BCUT2D eigenvalue weighted by Gasteiger charge is -2.11. The summed E-state index contributed by atoms with van der Waals surface area (Å²) in [5.74, 6) is 0.232. The molecule has 3 nitrogen and oxygen atoms in total. The number of phenols is 1. The second kappa shape index (κ2) is 5.19. The first kappa shape index (κ1) is 13.0. The van der Waals surface area contributed by atoms with Gasteiger partial charge < -0.3 is 10.5 Å². The molecule has 0 amide bonds. The number of benzene rings is 2. The van der Waals surface area contributed by atoms with Crippen LogP contribution < -0.4 is 10.9 Å². The average molecular weight is 287 g/mol. The molecule has 0 saturated carbocycles. The van der Waals surface area contributed by atoms with E-state index in [1.54, 1.807) is 18.2 Å². The fourth-order valence-corrected chi connectivity index (χ4v) is 2.43. The Morgan fingerprint density at radius 2 is 1.85 bits per heavy atom. The van der Waals surface area contributed by atoms with Crippen LogP contribution in [0.2, 0.25) is 5.02 Å². The Labute approximate surface area is 122 Å². The SMILES string of the molecule is Cc1ccc(C2=CC(c3cc(Cl)ccc3O)NN2)cc1. The smallest absolute Gasteiger partial charge is 0.120 e. The van der Waals surface area contributed by atoms with Gasteiger partial charge in [-0.2, -0.15) is 0 Å². The second-order valence-corrected chi connectivity index (χ2v) is 5.33. The summed E-state index contributed by atoms with van der Waals surface area (Å²) in [7, 11) is 0. The number of aryl methyl sites for hydroxylation is 1. The number of phenolic OH excluding ortho intramolecular Hbond substituents is 1.